The van der Waals surface area contributed by atoms with Gasteiger partial charge in [0.05, 0.1) is 25.8 Å². The van der Waals surface area contributed by atoms with Gasteiger partial charge in [-0.25, -0.2) is 0 Å². The summed E-state index contributed by atoms with van der Waals surface area (Å²) in [4.78, 5) is 1.59. The highest BCUT2D eigenvalue weighted by molar-refractivity contribution is 7.99. The second kappa shape index (κ2) is 5.81. The van der Waals surface area contributed by atoms with E-state index in [0.717, 1.165) is 9.79 Å². The highest BCUT2D eigenvalue weighted by Crippen LogP contribution is 2.41. The highest BCUT2D eigenvalue weighted by atomic mass is 35.5. The van der Waals surface area contributed by atoms with Crippen LogP contribution in [0.25, 0.3) is 0 Å². The quantitative estimate of drug-likeness (QED) is 0.676. The Kier molecular flexibility index (Phi) is 4.57. The zero-order chi connectivity index (χ0) is 13.3. The van der Waals surface area contributed by atoms with Gasteiger partial charge in [0.2, 0.25) is 0 Å². The third kappa shape index (κ3) is 3.01. The van der Waals surface area contributed by atoms with Crippen molar-refractivity contribution in [3.63, 3.8) is 0 Å². The first kappa shape index (κ1) is 14.2. The van der Waals surface area contributed by atoms with Gasteiger partial charge < -0.3 is 5.73 Å². The fraction of sp³-hybridized carbons (Fsp3) is 0. The van der Waals surface area contributed by atoms with Crippen molar-refractivity contribution >= 4 is 63.9 Å². The van der Waals surface area contributed by atoms with Gasteiger partial charge in [-0.15, -0.1) is 0 Å². The van der Waals surface area contributed by atoms with E-state index in [-0.39, 0.29) is 0 Å². The number of anilines is 1. The van der Waals surface area contributed by atoms with E-state index in [4.69, 9.17) is 52.1 Å². The Morgan fingerprint density at radius 3 is 1.83 bits per heavy atom. The number of hydrogen-bond acceptors (Lipinski definition) is 2. The summed E-state index contributed by atoms with van der Waals surface area (Å²) in [5.74, 6) is 0. The molecule has 0 atom stereocenters. The molecule has 0 saturated carbocycles. The van der Waals surface area contributed by atoms with Crippen LogP contribution in [0, 0.1) is 0 Å². The molecule has 6 heteroatoms. The molecule has 0 amide bonds. The Morgan fingerprint density at radius 2 is 1.33 bits per heavy atom. The molecule has 0 unspecified atom stereocenters. The van der Waals surface area contributed by atoms with Gasteiger partial charge in [-0.3, -0.25) is 0 Å². The van der Waals surface area contributed by atoms with Crippen molar-refractivity contribution in [3.05, 3.63) is 50.4 Å². The lowest BCUT2D eigenvalue weighted by molar-refractivity contribution is 1.41. The molecule has 0 aliphatic carbocycles. The zero-order valence-corrected chi connectivity index (χ0v) is 12.7. The monoisotopic (exact) mass is 337 g/mol. The van der Waals surface area contributed by atoms with Crippen LogP contribution in [0.4, 0.5) is 5.69 Å². The smallest absolute Gasteiger partial charge is 0.0693 e. The molecule has 2 aromatic carbocycles. The molecule has 0 spiro atoms. The van der Waals surface area contributed by atoms with Crippen LogP contribution in [0.1, 0.15) is 0 Å². The van der Waals surface area contributed by atoms with Crippen LogP contribution in [-0.2, 0) is 0 Å². The molecule has 2 rings (SSSR count). The first-order valence-corrected chi connectivity index (χ1v) is 7.18. The van der Waals surface area contributed by atoms with E-state index in [1.54, 1.807) is 30.3 Å². The second-order valence-electron chi connectivity index (χ2n) is 3.45. The maximum absolute atomic E-state index is 6.09. The third-order valence-corrected chi connectivity index (χ3v) is 4.79. The standard InChI is InChI=1S/C12H7Cl4NS/c13-7-2-1-3-8(14)12(7)18-6-4-9(15)11(17)10(16)5-6/h1-5H,17H2. The minimum Gasteiger partial charge on any atom is -0.396 e. The van der Waals surface area contributed by atoms with E-state index in [1.807, 2.05) is 0 Å². The fourth-order valence-electron chi connectivity index (χ4n) is 1.32. The van der Waals surface area contributed by atoms with Crippen LogP contribution in [0.5, 0.6) is 0 Å². The summed E-state index contributed by atoms with van der Waals surface area (Å²) < 4.78 is 0. The van der Waals surface area contributed by atoms with Gasteiger partial charge in [0.15, 0.2) is 0 Å². The Hall–Kier alpha value is -0.250. The summed E-state index contributed by atoms with van der Waals surface area (Å²) in [6.07, 6.45) is 0. The Bertz CT molecular complexity index is 557. The lowest BCUT2D eigenvalue weighted by Crippen LogP contribution is -1.88. The van der Waals surface area contributed by atoms with Crippen molar-refractivity contribution in [2.24, 2.45) is 0 Å². The fourth-order valence-corrected chi connectivity index (χ4v) is 3.48. The lowest BCUT2D eigenvalue weighted by atomic mass is 10.3. The molecule has 0 aliphatic rings. The molecule has 2 aromatic rings. The Balaban J connectivity index is 2.41. The maximum Gasteiger partial charge on any atom is 0.0693 e. The molecule has 0 saturated heterocycles. The molecular weight excluding hydrogens is 332 g/mol. The van der Waals surface area contributed by atoms with Crippen molar-refractivity contribution in [2.75, 3.05) is 5.73 Å². The topological polar surface area (TPSA) is 26.0 Å². The number of nitrogens with two attached hydrogens (primary N) is 1. The van der Waals surface area contributed by atoms with Gasteiger partial charge in [0, 0.05) is 9.79 Å². The Labute approximate surface area is 129 Å². The predicted octanol–water partition coefficient (Wildman–Crippen LogP) is 6.03. The minimum absolute atomic E-state index is 0.368. The van der Waals surface area contributed by atoms with E-state index in [0.29, 0.717) is 25.8 Å². The van der Waals surface area contributed by atoms with Crippen molar-refractivity contribution in [2.45, 2.75) is 9.79 Å². The average Bonchev–Trinajstić information content (AvgIpc) is 2.31. The second-order valence-corrected chi connectivity index (χ2v) is 6.17. The van der Waals surface area contributed by atoms with Gasteiger partial charge in [0.1, 0.15) is 0 Å². The number of nitrogen functional groups attached to an aromatic ring is 1. The number of benzene rings is 2. The van der Waals surface area contributed by atoms with E-state index in [9.17, 15) is 0 Å². The van der Waals surface area contributed by atoms with E-state index in [1.165, 1.54) is 11.8 Å². The number of halogens is 4. The SMILES string of the molecule is Nc1c(Cl)cc(Sc2c(Cl)cccc2Cl)cc1Cl. The highest BCUT2D eigenvalue weighted by Gasteiger charge is 2.10. The van der Waals surface area contributed by atoms with E-state index in [2.05, 4.69) is 0 Å². The van der Waals surface area contributed by atoms with Crippen LogP contribution < -0.4 is 5.73 Å². The molecule has 0 bridgehead atoms. The van der Waals surface area contributed by atoms with E-state index >= 15 is 0 Å². The third-order valence-electron chi connectivity index (χ3n) is 2.19. The molecule has 94 valence electrons. The summed E-state index contributed by atoms with van der Waals surface area (Å²) in [5.41, 5.74) is 6.05. The summed E-state index contributed by atoms with van der Waals surface area (Å²) in [6, 6.07) is 8.80. The van der Waals surface area contributed by atoms with Gasteiger partial charge in [-0.05, 0) is 24.3 Å². The van der Waals surface area contributed by atoms with Crippen molar-refractivity contribution in [3.8, 4) is 0 Å². The molecule has 0 aliphatic heterocycles. The Morgan fingerprint density at radius 1 is 0.833 bits per heavy atom. The molecule has 0 heterocycles. The zero-order valence-electron chi connectivity index (χ0n) is 8.88. The predicted molar refractivity (Wildman–Crippen MR) is 81.5 cm³/mol. The van der Waals surface area contributed by atoms with Crippen molar-refractivity contribution < 1.29 is 0 Å². The average molecular weight is 339 g/mol. The summed E-state index contributed by atoms with van der Waals surface area (Å²) in [6.45, 7) is 0. The molecule has 0 radical (unpaired) electrons. The molecule has 18 heavy (non-hydrogen) atoms. The van der Waals surface area contributed by atoms with Crippen molar-refractivity contribution in [1.29, 1.82) is 0 Å². The summed E-state index contributed by atoms with van der Waals surface area (Å²) in [5, 5.41) is 1.98. The van der Waals surface area contributed by atoms with Crippen LogP contribution in [-0.4, -0.2) is 0 Å². The molecule has 0 fully saturated rings. The van der Waals surface area contributed by atoms with Crippen LogP contribution in [0.3, 0.4) is 0 Å². The first-order chi connectivity index (χ1) is 8.49. The molecular formula is C12H7Cl4NS. The van der Waals surface area contributed by atoms with Crippen LogP contribution >= 0.6 is 58.2 Å². The molecule has 0 aromatic heterocycles. The molecule has 2 N–H and O–H groups in total. The largest absolute Gasteiger partial charge is 0.396 e. The normalized spacial score (nSPS) is 10.7. The number of hydrogen-bond donors (Lipinski definition) is 1. The van der Waals surface area contributed by atoms with Crippen molar-refractivity contribution in [1.82, 2.24) is 0 Å². The first-order valence-electron chi connectivity index (χ1n) is 4.85. The summed E-state index contributed by atoms with van der Waals surface area (Å²) in [7, 11) is 0. The van der Waals surface area contributed by atoms with Crippen LogP contribution in [0.15, 0.2) is 40.1 Å². The van der Waals surface area contributed by atoms with Gasteiger partial charge in [0.25, 0.3) is 0 Å². The van der Waals surface area contributed by atoms with Gasteiger partial charge in [-0.2, -0.15) is 0 Å². The van der Waals surface area contributed by atoms with Gasteiger partial charge in [-0.1, -0.05) is 64.2 Å². The number of rotatable bonds is 2. The molecule has 1 nitrogen and oxygen atoms in total. The minimum atomic E-state index is 0.368. The maximum atomic E-state index is 6.09. The lowest BCUT2D eigenvalue weighted by Gasteiger charge is -2.08. The van der Waals surface area contributed by atoms with E-state index < -0.39 is 0 Å². The summed E-state index contributed by atoms with van der Waals surface area (Å²) >= 11 is 25.5. The van der Waals surface area contributed by atoms with Crippen LogP contribution in [0.2, 0.25) is 20.1 Å². The van der Waals surface area contributed by atoms with Gasteiger partial charge >= 0.3 is 0 Å².